The van der Waals surface area contributed by atoms with Crippen LogP contribution in [0.3, 0.4) is 0 Å². The van der Waals surface area contributed by atoms with Gasteiger partial charge in [-0.15, -0.1) is 0 Å². The van der Waals surface area contributed by atoms with Crippen molar-refractivity contribution in [1.82, 2.24) is 0 Å². The first-order valence-electron chi connectivity index (χ1n) is 5.47. The molecule has 0 aliphatic heterocycles. The van der Waals surface area contributed by atoms with Gasteiger partial charge >= 0.3 is 0 Å². The van der Waals surface area contributed by atoms with Gasteiger partial charge in [0.2, 0.25) is 5.75 Å². The van der Waals surface area contributed by atoms with Crippen molar-refractivity contribution >= 4 is 0 Å². The largest absolute Gasteiger partial charge is 0.504 e. The Bertz CT molecular complexity index is 533. The van der Waals surface area contributed by atoms with Crippen LogP contribution in [0.5, 0.6) is 17.2 Å². The molecule has 2 rings (SSSR count). The van der Waals surface area contributed by atoms with Gasteiger partial charge in [-0.2, -0.15) is 0 Å². The van der Waals surface area contributed by atoms with Crippen molar-refractivity contribution in [1.29, 1.82) is 0 Å². The number of hydrogen-bond donors (Lipinski definition) is 3. The van der Waals surface area contributed by atoms with E-state index in [-0.39, 0.29) is 11.5 Å². The smallest absolute Gasteiger partial charge is 0.200 e. The van der Waals surface area contributed by atoms with Crippen LogP contribution in [-0.4, -0.2) is 15.3 Å². The molecular weight excluding hydrogens is 216 g/mol. The lowest BCUT2D eigenvalue weighted by atomic mass is 9.96. The first-order valence-corrected chi connectivity index (χ1v) is 5.47. The molecular formula is C14H14O3. The van der Waals surface area contributed by atoms with Gasteiger partial charge < -0.3 is 15.3 Å². The average molecular weight is 230 g/mol. The predicted molar refractivity (Wildman–Crippen MR) is 66.3 cm³/mol. The summed E-state index contributed by atoms with van der Waals surface area (Å²) >= 11 is 0. The maximum atomic E-state index is 9.93. The fourth-order valence-corrected chi connectivity index (χ4v) is 1.90. The molecule has 2 aromatic carbocycles. The lowest BCUT2D eigenvalue weighted by Gasteiger charge is -2.13. The summed E-state index contributed by atoms with van der Waals surface area (Å²) in [6.45, 7) is 1.93. The molecule has 17 heavy (non-hydrogen) atoms. The summed E-state index contributed by atoms with van der Waals surface area (Å²) in [6.07, 6.45) is 0.658. The van der Waals surface area contributed by atoms with E-state index in [0.717, 1.165) is 11.1 Å². The Kier molecular flexibility index (Phi) is 2.91. The van der Waals surface area contributed by atoms with E-state index in [1.54, 1.807) is 0 Å². The molecule has 3 nitrogen and oxygen atoms in total. The van der Waals surface area contributed by atoms with Crippen LogP contribution >= 0.6 is 0 Å². The molecule has 0 amide bonds. The Morgan fingerprint density at radius 3 is 2.18 bits per heavy atom. The van der Waals surface area contributed by atoms with Crippen molar-refractivity contribution in [3.8, 4) is 28.4 Å². The normalized spacial score (nSPS) is 10.4. The maximum absolute atomic E-state index is 9.93. The van der Waals surface area contributed by atoms with Gasteiger partial charge in [0.25, 0.3) is 0 Å². The molecule has 0 heterocycles. The molecule has 0 saturated heterocycles. The second-order valence-electron chi connectivity index (χ2n) is 3.85. The highest BCUT2D eigenvalue weighted by Gasteiger charge is 2.16. The molecule has 88 valence electrons. The van der Waals surface area contributed by atoms with E-state index in [4.69, 9.17) is 0 Å². The van der Waals surface area contributed by atoms with Crippen LogP contribution in [0.4, 0.5) is 0 Å². The zero-order valence-electron chi connectivity index (χ0n) is 9.51. The second-order valence-corrected chi connectivity index (χ2v) is 3.85. The average Bonchev–Trinajstić information content (AvgIpc) is 2.36. The molecule has 0 aromatic heterocycles. The quantitative estimate of drug-likeness (QED) is 0.695. The van der Waals surface area contributed by atoms with E-state index in [1.165, 1.54) is 6.07 Å². The van der Waals surface area contributed by atoms with E-state index in [9.17, 15) is 15.3 Å². The minimum Gasteiger partial charge on any atom is -0.504 e. The third-order valence-electron chi connectivity index (χ3n) is 2.78. The highest BCUT2D eigenvalue weighted by atomic mass is 16.3. The standard InChI is InChI=1S/C14H14O3/c1-2-9-8-11(15)13(16)14(17)12(9)10-6-4-3-5-7-10/h3-8,15-17H,2H2,1H3. The summed E-state index contributed by atoms with van der Waals surface area (Å²) in [7, 11) is 0. The summed E-state index contributed by atoms with van der Waals surface area (Å²) in [5, 5.41) is 29.0. The topological polar surface area (TPSA) is 60.7 Å². The van der Waals surface area contributed by atoms with Gasteiger partial charge in [-0.05, 0) is 23.6 Å². The Balaban J connectivity index is 2.72. The van der Waals surface area contributed by atoms with Crippen molar-refractivity contribution in [3.05, 3.63) is 42.0 Å². The van der Waals surface area contributed by atoms with E-state index >= 15 is 0 Å². The van der Waals surface area contributed by atoms with E-state index in [1.807, 2.05) is 37.3 Å². The molecule has 0 fully saturated rings. The van der Waals surface area contributed by atoms with Crippen molar-refractivity contribution in [2.75, 3.05) is 0 Å². The summed E-state index contributed by atoms with van der Waals surface area (Å²) < 4.78 is 0. The molecule has 0 unspecified atom stereocenters. The molecule has 0 aliphatic rings. The fourth-order valence-electron chi connectivity index (χ4n) is 1.90. The summed E-state index contributed by atoms with van der Waals surface area (Å²) in [4.78, 5) is 0. The van der Waals surface area contributed by atoms with Crippen LogP contribution in [0.15, 0.2) is 36.4 Å². The van der Waals surface area contributed by atoms with Gasteiger partial charge in [-0.25, -0.2) is 0 Å². The summed E-state index contributed by atoms with van der Waals surface area (Å²) in [5.41, 5.74) is 2.18. The summed E-state index contributed by atoms with van der Waals surface area (Å²) in [6, 6.07) is 10.8. The van der Waals surface area contributed by atoms with E-state index in [2.05, 4.69) is 0 Å². The summed E-state index contributed by atoms with van der Waals surface area (Å²) in [5.74, 6) is -1.03. The Hall–Kier alpha value is -2.16. The zero-order chi connectivity index (χ0) is 12.4. The minimum atomic E-state index is -0.471. The van der Waals surface area contributed by atoms with Crippen molar-refractivity contribution in [2.45, 2.75) is 13.3 Å². The predicted octanol–water partition coefficient (Wildman–Crippen LogP) is 3.03. The van der Waals surface area contributed by atoms with E-state index in [0.29, 0.717) is 12.0 Å². The van der Waals surface area contributed by atoms with E-state index < -0.39 is 5.75 Å². The van der Waals surface area contributed by atoms with Crippen molar-refractivity contribution in [2.24, 2.45) is 0 Å². The molecule has 0 saturated carbocycles. The number of aryl methyl sites for hydroxylation is 1. The van der Waals surface area contributed by atoms with Gasteiger partial charge in [0.15, 0.2) is 11.5 Å². The van der Waals surface area contributed by atoms with Gasteiger partial charge in [0, 0.05) is 5.56 Å². The lowest BCUT2D eigenvalue weighted by Crippen LogP contribution is -1.89. The third-order valence-corrected chi connectivity index (χ3v) is 2.78. The van der Waals surface area contributed by atoms with Crippen LogP contribution in [0.1, 0.15) is 12.5 Å². The molecule has 0 atom stereocenters. The number of aromatic hydroxyl groups is 3. The third kappa shape index (κ3) is 1.91. The Labute approximate surface area is 99.6 Å². The number of phenols is 3. The molecule has 0 aliphatic carbocycles. The number of hydrogen-bond acceptors (Lipinski definition) is 3. The van der Waals surface area contributed by atoms with Crippen LogP contribution in [0, 0.1) is 0 Å². The number of rotatable bonds is 2. The highest BCUT2D eigenvalue weighted by Crippen LogP contribution is 2.44. The molecule has 0 bridgehead atoms. The zero-order valence-corrected chi connectivity index (χ0v) is 9.51. The first kappa shape index (κ1) is 11.3. The SMILES string of the molecule is CCc1cc(O)c(O)c(O)c1-c1ccccc1. The van der Waals surface area contributed by atoms with Gasteiger partial charge in [-0.1, -0.05) is 37.3 Å². The number of phenolic OH excluding ortho intramolecular Hbond substituents is 3. The Morgan fingerprint density at radius 1 is 0.941 bits per heavy atom. The fraction of sp³-hybridized carbons (Fsp3) is 0.143. The molecule has 0 spiro atoms. The molecule has 2 aromatic rings. The lowest BCUT2D eigenvalue weighted by molar-refractivity contribution is 0.368. The Morgan fingerprint density at radius 2 is 1.59 bits per heavy atom. The van der Waals surface area contributed by atoms with Gasteiger partial charge in [0.1, 0.15) is 0 Å². The highest BCUT2D eigenvalue weighted by molar-refractivity contribution is 5.78. The molecule has 3 heteroatoms. The van der Waals surface area contributed by atoms with Crippen LogP contribution in [-0.2, 0) is 6.42 Å². The second kappa shape index (κ2) is 4.37. The molecule has 0 radical (unpaired) electrons. The van der Waals surface area contributed by atoms with Gasteiger partial charge in [0.05, 0.1) is 0 Å². The van der Waals surface area contributed by atoms with Crippen molar-refractivity contribution < 1.29 is 15.3 Å². The van der Waals surface area contributed by atoms with Crippen LogP contribution < -0.4 is 0 Å². The van der Waals surface area contributed by atoms with Crippen molar-refractivity contribution in [3.63, 3.8) is 0 Å². The first-order chi connectivity index (χ1) is 8.15. The maximum Gasteiger partial charge on any atom is 0.200 e. The van der Waals surface area contributed by atoms with Gasteiger partial charge in [-0.3, -0.25) is 0 Å². The minimum absolute atomic E-state index is 0.270. The monoisotopic (exact) mass is 230 g/mol. The van der Waals surface area contributed by atoms with Crippen LogP contribution in [0.25, 0.3) is 11.1 Å². The van der Waals surface area contributed by atoms with Crippen LogP contribution in [0.2, 0.25) is 0 Å². The number of benzene rings is 2. The molecule has 3 N–H and O–H groups in total.